The van der Waals surface area contributed by atoms with Crippen LogP contribution in [0.3, 0.4) is 0 Å². The first-order valence-corrected chi connectivity index (χ1v) is 10.6. The van der Waals surface area contributed by atoms with E-state index < -0.39 is 11.9 Å². The van der Waals surface area contributed by atoms with Crippen molar-refractivity contribution in [2.75, 3.05) is 0 Å². The third kappa shape index (κ3) is 3.29. The average Bonchev–Trinajstić information content (AvgIpc) is 2.94. The Morgan fingerprint density at radius 2 is 1.62 bits per heavy atom. The molecule has 29 heavy (non-hydrogen) atoms. The fraction of sp³-hybridized carbons (Fsp3) is 0.545. The van der Waals surface area contributed by atoms with Gasteiger partial charge in [-0.3, -0.25) is 9.67 Å². The Morgan fingerprint density at radius 1 is 1.07 bits per heavy atom. The molecule has 0 amide bonds. The van der Waals surface area contributed by atoms with Gasteiger partial charge in [0.05, 0.1) is 11.3 Å². The molecule has 0 spiro atoms. The van der Waals surface area contributed by atoms with E-state index in [0.717, 1.165) is 28.7 Å². The summed E-state index contributed by atoms with van der Waals surface area (Å²) in [5, 5.41) is 3.40. The van der Waals surface area contributed by atoms with Crippen molar-refractivity contribution in [2.45, 2.75) is 50.1 Å². The highest BCUT2D eigenvalue weighted by Gasteiger charge is 2.51. The summed E-state index contributed by atoms with van der Waals surface area (Å²) in [6.45, 7) is 0. The predicted octanol–water partition coefficient (Wildman–Crippen LogP) is 6.31. The van der Waals surface area contributed by atoms with Crippen molar-refractivity contribution in [3.63, 3.8) is 0 Å². The summed E-state index contributed by atoms with van der Waals surface area (Å²) in [5.74, 6) is 2.60. The van der Waals surface area contributed by atoms with E-state index in [1.165, 1.54) is 51.1 Å². The summed E-state index contributed by atoms with van der Waals surface area (Å²) in [5.41, 5.74) is 1.07. The van der Waals surface area contributed by atoms with Crippen LogP contribution in [0.5, 0.6) is 0 Å². The minimum absolute atomic E-state index is 0.0775. The van der Waals surface area contributed by atoms with E-state index in [0.29, 0.717) is 11.1 Å². The fourth-order valence-electron chi connectivity index (χ4n) is 6.35. The summed E-state index contributed by atoms with van der Waals surface area (Å²) < 4.78 is 40.6. The zero-order valence-electron chi connectivity index (χ0n) is 16.2. The highest BCUT2D eigenvalue weighted by molar-refractivity contribution is 6.32. The Morgan fingerprint density at radius 3 is 2.14 bits per heavy atom. The molecule has 4 saturated carbocycles. The lowest BCUT2D eigenvalue weighted by molar-refractivity contribution is -0.141. The summed E-state index contributed by atoms with van der Waals surface area (Å²) in [7, 11) is 1.38. The summed E-state index contributed by atoms with van der Waals surface area (Å²) in [6.07, 6.45) is 4.62. The van der Waals surface area contributed by atoms with E-state index in [1.54, 1.807) is 0 Å². The van der Waals surface area contributed by atoms with Gasteiger partial charge in [0, 0.05) is 13.3 Å². The van der Waals surface area contributed by atoms with Gasteiger partial charge in [0.25, 0.3) is 0 Å². The van der Waals surface area contributed by atoms with Crippen molar-refractivity contribution in [2.24, 2.45) is 29.8 Å². The number of benzene rings is 1. The molecule has 0 saturated heterocycles. The van der Waals surface area contributed by atoms with Crippen molar-refractivity contribution in [1.29, 1.82) is 0 Å². The third-order valence-electron chi connectivity index (χ3n) is 7.14. The van der Waals surface area contributed by atoms with Gasteiger partial charge < -0.3 is 0 Å². The fourth-order valence-corrected chi connectivity index (χ4v) is 6.52. The number of nitrogens with zero attached hydrogens (tertiary/aromatic N) is 3. The van der Waals surface area contributed by atoms with E-state index in [9.17, 15) is 13.2 Å². The van der Waals surface area contributed by atoms with E-state index in [4.69, 9.17) is 11.6 Å². The molecule has 154 valence electrons. The number of hydrogen-bond acceptors (Lipinski definition) is 2. The van der Waals surface area contributed by atoms with Crippen LogP contribution in [-0.2, 0) is 18.6 Å². The van der Waals surface area contributed by atoms with Gasteiger partial charge in [-0.1, -0.05) is 23.7 Å². The molecule has 0 atom stereocenters. The van der Waals surface area contributed by atoms with Crippen LogP contribution in [-0.4, -0.2) is 16.0 Å². The van der Waals surface area contributed by atoms with E-state index >= 15 is 0 Å². The molecular weight excluding hydrogens is 399 g/mol. The number of aliphatic imine (C=N–C) groups is 1. The summed E-state index contributed by atoms with van der Waals surface area (Å²) in [6, 6.07) is 8.05. The number of alkyl halides is 3. The molecule has 1 heterocycles. The molecule has 4 fully saturated rings. The predicted molar refractivity (Wildman–Crippen MR) is 107 cm³/mol. The van der Waals surface area contributed by atoms with Crippen LogP contribution in [0.2, 0.25) is 5.15 Å². The number of hydrogen-bond donors (Lipinski definition) is 0. The van der Waals surface area contributed by atoms with Crippen LogP contribution in [0.15, 0.2) is 29.3 Å². The van der Waals surface area contributed by atoms with Crippen molar-refractivity contribution < 1.29 is 13.2 Å². The Balaban J connectivity index is 1.40. The van der Waals surface area contributed by atoms with Crippen LogP contribution < -0.4 is 0 Å². The molecular formula is C22H23ClF3N3. The maximum absolute atomic E-state index is 13.2. The SMILES string of the molecule is Cn1nc(C(F)(F)F)c(C=Nc2ccc(C34CC5CC(CC(C5)C3)C4)cc2)c1Cl. The minimum atomic E-state index is -4.57. The molecule has 4 bridgehead atoms. The third-order valence-corrected chi connectivity index (χ3v) is 7.59. The van der Waals surface area contributed by atoms with Crippen molar-refractivity contribution >= 4 is 23.5 Å². The molecule has 1 aromatic heterocycles. The number of rotatable bonds is 3. The molecule has 0 N–H and O–H groups in total. The van der Waals surface area contributed by atoms with E-state index in [2.05, 4.69) is 22.2 Å². The molecule has 0 radical (unpaired) electrons. The van der Waals surface area contributed by atoms with E-state index in [1.807, 2.05) is 12.1 Å². The molecule has 4 aliphatic carbocycles. The molecule has 0 aliphatic heterocycles. The molecule has 2 aromatic rings. The van der Waals surface area contributed by atoms with Gasteiger partial charge in [-0.05, 0) is 79.4 Å². The van der Waals surface area contributed by atoms with Crippen LogP contribution in [0, 0.1) is 17.8 Å². The maximum Gasteiger partial charge on any atom is 0.435 e. The molecule has 0 unspecified atom stereocenters. The largest absolute Gasteiger partial charge is 0.435 e. The smallest absolute Gasteiger partial charge is 0.256 e. The summed E-state index contributed by atoms with van der Waals surface area (Å²) >= 11 is 6.00. The Labute approximate surface area is 173 Å². The van der Waals surface area contributed by atoms with Gasteiger partial charge in [0.1, 0.15) is 5.15 Å². The summed E-state index contributed by atoms with van der Waals surface area (Å²) in [4.78, 5) is 4.25. The van der Waals surface area contributed by atoms with Crippen molar-refractivity contribution in [3.05, 3.63) is 46.2 Å². The first-order valence-electron chi connectivity index (χ1n) is 10.2. The molecule has 4 aliphatic rings. The van der Waals surface area contributed by atoms with Gasteiger partial charge >= 0.3 is 6.18 Å². The zero-order valence-corrected chi connectivity index (χ0v) is 17.0. The van der Waals surface area contributed by atoms with Crippen molar-refractivity contribution in [1.82, 2.24) is 9.78 Å². The van der Waals surface area contributed by atoms with Crippen LogP contribution in [0.4, 0.5) is 18.9 Å². The lowest BCUT2D eigenvalue weighted by Gasteiger charge is -2.57. The van der Waals surface area contributed by atoms with Crippen LogP contribution in [0.25, 0.3) is 0 Å². The number of halogens is 4. The minimum Gasteiger partial charge on any atom is -0.256 e. The van der Waals surface area contributed by atoms with Crippen molar-refractivity contribution in [3.8, 4) is 0 Å². The lowest BCUT2D eigenvalue weighted by Crippen LogP contribution is -2.48. The van der Waals surface area contributed by atoms with Gasteiger partial charge in [-0.2, -0.15) is 18.3 Å². The molecule has 6 rings (SSSR count). The van der Waals surface area contributed by atoms with Crippen LogP contribution in [0.1, 0.15) is 55.3 Å². The first-order chi connectivity index (χ1) is 13.7. The first kappa shape index (κ1) is 19.2. The Kier molecular flexibility index (Phi) is 4.36. The van der Waals surface area contributed by atoms with Gasteiger partial charge in [0.15, 0.2) is 5.69 Å². The number of aryl methyl sites for hydroxylation is 1. The molecule has 1 aromatic carbocycles. The Bertz CT molecular complexity index is 924. The normalized spacial score (nSPS) is 31.1. The van der Waals surface area contributed by atoms with Gasteiger partial charge in [-0.25, -0.2) is 0 Å². The highest BCUT2D eigenvalue weighted by atomic mass is 35.5. The van der Waals surface area contributed by atoms with Gasteiger partial charge in [-0.15, -0.1) is 0 Å². The quantitative estimate of drug-likeness (QED) is 0.534. The highest BCUT2D eigenvalue weighted by Crippen LogP contribution is 2.60. The maximum atomic E-state index is 13.2. The zero-order chi connectivity index (χ0) is 20.4. The second-order valence-electron chi connectivity index (χ2n) is 9.18. The number of aromatic nitrogens is 2. The average molecular weight is 422 g/mol. The van der Waals surface area contributed by atoms with Gasteiger partial charge in [0.2, 0.25) is 0 Å². The topological polar surface area (TPSA) is 30.2 Å². The monoisotopic (exact) mass is 421 g/mol. The molecule has 3 nitrogen and oxygen atoms in total. The lowest BCUT2D eigenvalue weighted by atomic mass is 9.48. The molecule has 7 heteroatoms. The standard InChI is InChI=1S/C22H23ClF3N3/c1-29-20(23)18(19(28-29)22(24,25)26)12-27-17-4-2-16(3-5-17)21-9-13-6-14(10-21)8-15(7-13)11-21/h2-5,12-15H,6-11H2,1H3. The second-order valence-corrected chi connectivity index (χ2v) is 9.54. The van der Waals surface area contributed by atoms with Crippen LogP contribution >= 0.6 is 11.6 Å². The Hall–Kier alpha value is -1.82. The second kappa shape index (κ2) is 6.59. The van der Waals surface area contributed by atoms with E-state index in [-0.39, 0.29) is 10.7 Å².